The minimum atomic E-state index is -3.90. The van der Waals surface area contributed by atoms with Gasteiger partial charge in [-0.15, -0.1) is 11.3 Å². The van der Waals surface area contributed by atoms with Crippen molar-refractivity contribution in [3.8, 4) is 0 Å². The number of nitrogens with one attached hydrogen (secondary N) is 1. The van der Waals surface area contributed by atoms with Crippen LogP contribution in [0.2, 0.25) is 0 Å². The molecule has 0 saturated carbocycles. The van der Waals surface area contributed by atoms with Gasteiger partial charge in [0.25, 0.3) is 10.0 Å². The Morgan fingerprint density at radius 1 is 1.48 bits per heavy atom. The van der Waals surface area contributed by atoms with Crippen LogP contribution in [0, 0.1) is 5.92 Å². The number of rotatable bonds is 8. The van der Waals surface area contributed by atoms with E-state index in [1.54, 1.807) is 0 Å². The molecule has 0 fully saturated rings. The number of hydrogen-bond donors (Lipinski definition) is 2. The first-order chi connectivity index (χ1) is 9.87. The molecule has 1 rings (SSSR count). The molecule has 1 atom stereocenters. The van der Waals surface area contributed by atoms with Crippen LogP contribution in [0.4, 0.5) is 0 Å². The lowest BCUT2D eigenvalue weighted by Crippen LogP contribution is -2.36. The Morgan fingerprint density at radius 3 is 2.62 bits per heavy atom. The molecule has 0 spiro atoms. The van der Waals surface area contributed by atoms with Crippen molar-refractivity contribution in [1.29, 1.82) is 0 Å². The van der Waals surface area contributed by atoms with E-state index in [0.717, 1.165) is 31.3 Å². The van der Waals surface area contributed by atoms with Crippen LogP contribution in [0.5, 0.6) is 0 Å². The maximum absolute atomic E-state index is 12.2. The third-order valence-corrected chi connectivity index (χ3v) is 6.03. The summed E-state index contributed by atoms with van der Waals surface area (Å²) in [6.45, 7) is 3.77. The van der Waals surface area contributed by atoms with E-state index in [1.807, 2.05) is 13.8 Å². The summed E-state index contributed by atoms with van der Waals surface area (Å²) in [6.07, 6.45) is 0.741. The molecular weight excluding hydrogens is 316 g/mol. The maximum Gasteiger partial charge on any atom is 0.358 e. The van der Waals surface area contributed by atoms with Gasteiger partial charge in [-0.25, -0.2) is 22.9 Å². The van der Waals surface area contributed by atoms with Gasteiger partial charge in [0.1, 0.15) is 0 Å². The Labute approximate surface area is 128 Å². The van der Waals surface area contributed by atoms with Crippen LogP contribution in [-0.4, -0.2) is 44.2 Å². The monoisotopic (exact) mass is 336 g/mol. The van der Waals surface area contributed by atoms with Crippen LogP contribution in [0.3, 0.4) is 0 Å². The molecule has 0 bridgehead atoms. The van der Waals surface area contributed by atoms with Gasteiger partial charge in [0.15, 0.2) is 9.90 Å². The average molecular weight is 336 g/mol. The van der Waals surface area contributed by atoms with E-state index in [2.05, 4.69) is 14.4 Å². The van der Waals surface area contributed by atoms with Crippen molar-refractivity contribution >= 4 is 27.3 Å². The van der Waals surface area contributed by atoms with Crippen molar-refractivity contribution in [2.45, 2.75) is 37.0 Å². The fourth-order valence-corrected chi connectivity index (χ4v) is 4.14. The molecule has 0 radical (unpaired) electrons. The Balaban J connectivity index is 2.84. The van der Waals surface area contributed by atoms with Gasteiger partial charge in [0.2, 0.25) is 0 Å². The highest BCUT2D eigenvalue weighted by Crippen LogP contribution is 2.21. The van der Waals surface area contributed by atoms with Crippen LogP contribution in [0.1, 0.15) is 37.2 Å². The van der Waals surface area contributed by atoms with Gasteiger partial charge in [0, 0.05) is 6.54 Å². The van der Waals surface area contributed by atoms with Crippen molar-refractivity contribution in [2.75, 3.05) is 13.7 Å². The molecule has 0 aliphatic heterocycles. The summed E-state index contributed by atoms with van der Waals surface area (Å²) in [5, 5.41) is 9.96. The summed E-state index contributed by atoms with van der Waals surface area (Å²) < 4.78 is 31.0. The molecule has 0 aromatic carbocycles. The average Bonchev–Trinajstić information content (AvgIpc) is 2.96. The first-order valence-electron chi connectivity index (χ1n) is 6.56. The topological polar surface area (TPSA) is 106 Å². The van der Waals surface area contributed by atoms with E-state index in [9.17, 15) is 18.3 Å². The zero-order valence-corrected chi connectivity index (χ0v) is 13.8. The number of esters is 1. The standard InChI is InChI=1S/C12H20N2O5S2/c1-4-8(5-2)9(15)6-14-21(17,18)12-10(11(16)19-3)13-7-20-12/h7-9,14-15H,4-6H2,1-3H3. The Bertz CT molecular complexity index is 566. The lowest BCUT2D eigenvalue weighted by atomic mass is 9.97. The molecule has 2 N–H and O–H groups in total. The zero-order chi connectivity index (χ0) is 16.0. The number of sulfonamides is 1. The summed E-state index contributed by atoms with van der Waals surface area (Å²) in [5.41, 5.74) is 1.02. The van der Waals surface area contributed by atoms with Crippen LogP contribution < -0.4 is 4.72 Å². The molecule has 0 aliphatic rings. The van der Waals surface area contributed by atoms with Gasteiger partial charge in [0.05, 0.1) is 18.7 Å². The molecule has 1 aromatic rings. The highest BCUT2D eigenvalue weighted by atomic mass is 32.2. The molecule has 120 valence electrons. The lowest BCUT2D eigenvalue weighted by molar-refractivity contribution is 0.0590. The number of thiazole rings is 1. The smallest absolute Gasteiger partial charge is 0.358 e. The molecular formula is C12H20N2O5S2. The van der Waals surface area contributed by atoms with Gasteiger partial charge < -0.3 is 9.84 Å². The molecule has 21 heavy (non-hydrogen) atoms. The molecule has 1 aromatic heterocycles. The largest absolute Gasteiger partial charge is 0.464 e. The lowest BCUT2D eigenvalue weighted by Gasteiger charge is -2.20. The van der Waals surface area contributed by atoms with E-state index >= 15 is 0 Å². The molecule has 0 aliphatic carbocycles. The molecule has 7 nitrogen and oxygen atoms in total. The Hall–Kier alpha value is -1.03. The Morgan fingerprint density at radius 2 is 2.10 bits per heavy atom. The SMILES string of the molecule is CCC(CC)C(O)CNS(=O)(=O)c1scnc1C(=O)OC. The normalized spacial score (nSPS) is 13.4. The molecule has 0 saturated heterocycles. The number of ether oxygens (including phenoxy) is 1. The molecule has 0 amide bonds. The highest BCUT2D eigenvalue weighted by molar-refractivity contribution is 7.91. The van der Waals surface area contributed by atoms with Crippen molar-refractivity contribution in [2.24, 2.45) is 5.92 Å². The van der Waals surface area contributed by atoms with Crippen LogP contribution >= 0.6 is 11.3 Å². The van der Waals surface area contributed by atoms with Crippen LogP contribution in [0.15, 0.2) is 9.72 Å². The second-order valence-corrected chi connectivity index (χ2v) is 7.29. The second-order valence-electron chi connectivity index (χ2n) is 4.48. The third kappa shape index (κ3) is 4.47. The molecule has 9 heteroatoms. The summed E-state index contributed by atoms with van der Waals surface area (Å²) in [6, 6.07) is 0. The number of aromatic nitrogens is 1. The van der Waals surface area contributed by atoms with Crippen molar-refractivity contribution in [3.05, 3.63) is 11.2 Å². The van der Waals surface area contributed by atoms with Gasteiger partial charge in [-0.05, 0) is 5.92 Å². The van der Waals surface area contributed by atoms with E-state index in [0.29, 0.717) is 0 Å². The number of methoxy groups -OCH3 is 1. The fourth-order valence-electron chi connectivity index (χ4n) is 1.92. The van der Waals surface area contributed by atoms with Crippen molar-refractivity contribution in [1.82, 2.24) is 9.71 Å². The number of carbonyl (C=O) groups excluding carboxylic acids is 1. The predicted octanol–water partition coefficient (Wildman–Crippen LogP) is 1.01. The van der Waals surface area contributed by atoms with Gasteiger partial charge in [-0.1, -0.05) is 26.7 Å². The summed E-state index contributed by atoms with van der Waals surface area (Å²) in [7, 11) is -2.75. The minimum Gasteiger partial charge on any atom is -0.464 e. The van der Waals surface area contributed by atoms with Gasteiger partial charge in [-0.3, -0.25) is 0 Å². The number of carbonyl (C=O) groups is 1. The van der Waals surface area contributed by atoms with Crippen molar-refractivity contribution in [3.63, 3.8) is 0 Å². The van der Waals surface area contributed by atoms with E-state index in [4.69, 9.17) is 0 Å². The van der Waals surface area contributed by atoms with Crippen LogP contribution in [-0.2, 0) is 14.8 Å². The fraction of sp³-hybridized carbons (Fsp3) is 0.667. The summed E-state index contributed by atoms with van der Waals surface area (Å²) in [5.74, 6) is -0.786. The Kier molecular flexibility index (Phi) is 6.72. The number of nitrogens with zero attached hydrogens (tertiary/aromatic N) is 1. The van der Waals surface area contributed by atoms with Crippen LogP contribution in [0.25, 0.3) is 0 Å². The minimum absolute atomic E-state index is 0.0224. The summed E-state index contributed by atoms with van der Waals surface area (Å²) >= 11 is 0.828. The number of hydrogen-bond acceptors (Lipinski definition) is 7. The van der Waals surface area contributed by atoms with E-state index in [-0.39, 0.29) is 22.4 Å². The summed E-state index contributed by atoms with van der Waals surface area (Å²) in [4.78, 5) is 15.2. The number of aliphatic hydroxyl groups is 1. The number of aliphatic hydroxyl groups excluding tert-OH is 1. The van der Waals surface area contributed by atoms with E-state index < -0.39 is 22.1 Å². The maximum atomic E-state index is 12.2. The third-order valence-electron chi connectivity index (χ3n) is 3.23. The molecule has 1 heterocycles. The predicted molar refractivity (Wildman–Crippen MR) is 78.7 cm³/mol. The highest BCUT2D eigenvalue weighted by Gasteiger charge is 2.27. The quantitative estimate of drug-likeness (QED) is 0.686. The molecule has 1 unspecified atom stereocenters. The first-order valence-corrected chi connectivity index (χ1v) is 8.93. The van der Waals surface area contributed by atoms with Gasteiger partial charge in [-0.2, -0.15) is 0 Å². The first kappa shape index (κ1) is 18.0. The van der Waals surface area contributed by atoms with E-state index in [1.165, 1.54) is 5.51 Å². The second kappa shape index (κ2) is 7.83. The van der Waals surface area contributed by atoms with Gasteiger partial charge >= 0.3 is 5.97 Å². The zero-order valence-electron chi connectivity index (χ0n) is 12.2. The van der Waals surface area contributed by atoms with Crippen molar-refractivity contribution < 1.29 is 23.1 Å².